The lowest BCUT2D eigenvalue weighted by molar-refractivity contribution is -0.129. The van der Waals surface area contributed by atoms with E-state index in [-0.39, 0.29) is 23.3 Å². The van der Waals surface area contributed by atoms with Crippen molar-refractivity contribution in [2.24, 2.45) is 7.05 Å². The first-order valence-electron chi connectivity index (χ1n) is 10.3. The van der Waals surface area contributed by atoms with Crippen LogP contribution in [0.4, 0.5) is 10.5 Å². The van der Waals surface area contributed by atoms with Crippen LogP contribution in [-0.4, -0.2) is 63.2 Å². The lowest BCUT2D eigenvalue weighted by Crippen LogP contribution is -2.52. The van der Waals surface area contributed by atoms with E-state index in [1.807, 2.05) is 44.2 Å². The van der Waals surface area contributed by atoms with Crippen LogP contribution in [0.2, 0.25) is 0 Å². The zero-order valence-corrected chi connectivity index (χ0v) is 19.9. The summed E-state index contributed by atoms with van der Waals surface area (Å²) in [5, 5.41) is 4.08. The summed E-state index contributed by atoms with van der Waals surface area (Å²) in [7, 11) is 1.69. The number of piperazine rings is 1. The molecule has 3 aromatic rings. The van der Waals surface area contributed by atoms with Gasteiger partial charge in [-0.1, -0.05) is 30.0 Å². The van der Waals surface area contributed by atoms with Crippen LogP contribution in [0.1, 0.15) is 10.4 Å². The number of urea groups is 1. The molecule has 1 saturated heterocycles. The number of carbonyl (C=O) groups is 2. The van der Waals surface area contributed by atoms with Gasteiger partial charge in [0.05, 0.1) is 11.1 Å². The van der Waals surface area contributed by atoms with Crippen molar-refractivity contribution in [3.8, 4) is 0 Å². The molecule has 0 unspecified atom stereocenters. The Morgan fingerprint density at radius 3 is 2.44 bits per heavy atom. The van der Waals surface area contributed by atoms with Gasteiger partial charge in [0.2, 0.25) is 5.91 Å². The molecule has 1 aliphatic heterocycles. The van der Waals surface area contributed by atoms with Crippen molar-refractivity contribution in [1.82, 2.24) is 19.4 Å². The SMILES string of the molecule is Cc1sc2nc(SCC(=O)N3CCN(C(=O)Nc4ccccc4)CC3)n(C)c(=O)c2c1C. The molecule has 1 aliphatic rings. The Kier molecular flexibility index (Phi) is 6.52. The minimum Gasteiger partial charge on any atom is -0.338 e. The first-order chi connectivity index (χ1) is 15.3. The molecule has 0 radical (unpaired) electrons. The Bertz CT molecular complexity index is 1210. The Morgan fingerprint density at radius 1 is 1.09 bits per heavy atom. The molecule has 0 spiro atoms. The molecule has 1 aromatic carbocycles. The van der Waals surface area contributed by atoms with E-state index in [1.165, 1.54) is 27.7 Å². The van der Waals surface area contributed by atoms with Gasteiger partial charge in [0.1, 0.15) is 4.83 Å². The van der Waals surface area contributed by atoms with Gasteiger partial charge in [-0.25, -0.2) is 9.78 Å². The molecule has 8 nitrogen and oxygen atoms in total. The van der Waals surface area contributed by atoms with Crippen molar-refractivity contribution in [1.29, 1.82) is 0 Å². The third-order valence-electron chi connectivity index (χ3n) is 5.64. The average Bonchev–Trinajstić information content (AvgIpc) is 3.09. The highest BCUT2D eigenvalue weighted by atomic mass is 32.2. The first-order valence-corrected chi connectivity index (χ1v) is 12.1. The second-order valence-corrected chi connectivity index (χ2v) is 9.82. The Labute approximate surface area is 194 Å². The number of para-hydroxylation sites is 1. The largest absolute Gasteiger partial charge is 0.338 e. The number of hydrogen-bond acceptors (Lipinski definition) is 6. The first kappa shape index (κ1) is 22.3. The van der Waals surface area contributed by atoms with Gasteiger partial charge in [-0.15, -0.1) is 11.3 Å². The second kappa shape index (κ2) is 9.33. The van der Waals surface area contributed by atoms with Crippen molar-refractivity contribution >= 4 is 50.9 Å². The van der Waals surface area contributed by atoms with Gasteiger partial charge in [-0.05, 0) is 31.5 Å². The number of thiophene rings is 1. The van der Waals surface area contributed by atoms with E-state index in [1.54, 1.807) is 16.8 Å². The van der Waals surface area contributed by atoms with Crippen LogP contribution in [0.25, 0.3) is 10.2 Å². The maximum atomic E-state index is 12.7. The summed E-state index contributed by atoms with van der Waals surface area (Å²) < 4.78 is 1.52. The summed E-state index contributed by atoms with van der Waals surface area (Å²) in [6.07, 6.45) is 0. The molecule has 0 aliphatic carbocycles. The molecular formula is C22H25N5O3S2. The smallest absolute Gasteiger partial charge is 0.321 e. The summed E-state index contributed by atoms with van der Waals surface area (Å²) in [6.45, 7) is 5.84. The Balaban J connectivity index is 1.33. The molecule has 1 fully saturated rings. The van der Waals surface area contributed by atoms with Crippen molar-refractivity contribution in [3.63, 3.8) is 0 Å². The summed E-state index contributed by atoms with van der Waals surface area (Å²) >= 11 is 2.78. The number of aromatic nitrogens is 2. The van der Waals surface area contributed by atoms with Crippen molar-refractivity contribution in [3.05, 3.63) is 51.1 Å². The summed E-state index contributed by atoms with van der Waals surface area (Å²) in [6, 6.07) is 9.15. The molecule has 4 rings (SSSR count). The second-order valence-electron chi connectivity index (χ2n) is 7.67. The molecule has 3 heterocycles. The number of thioether (sulfide) groups is 1. The third-order valence-corrected chi connectivity index (χ3v) is 7.75. The van der Waals surface area contributed by atoms with Crippen molar-refractivity contribution in [2.45, 2.75) is 19.0 Å². The number of amides is 3. The molecule has 3 amide bonds. The molecule has 0 bridgehead atoms. The lowest BCUT2D eigenvalue weighted by Gasteiger charge is -2.34. The highest BCUT2D eigenvalue weighted by molar-refractivity contribution is 7.99. The number of nitrogens with one attached hydrogen (secondary N) is 1. The lowest BCUT2D eigenvalue weighted by atomic mass is 10.2. The highest BCUT2D eigenvalue weighted by Crippen LogP contribution is 2.28. The number of benzene rings is 1. The zero-order chi connectivity index (χ0) is 22.8. The number of aryl methyl sites for hydroxylation is 2. The van der Waals surface area contributed by atoms with E-state index < -0.39 is 0 Å². The molecular weight excluding hydrogens is 446 g/mol. The van der Waals surface area contributed by atoms with Crippen LogP contribution in [-0.2, 0) is 11.8 Å². The molecule has 0 atom stereocenters. The molecule has 168 valence electrons. The van der Waals surface area contributed by atoms with Crippen molar-refractivity contribution in [2.75, 3.05) is 37.2 Å². The minimum absolute atomic E-state index is 0.0222. The van der Waals surface area contributed by atoms with Gasteiger partial charge in [0, 0.05) is 43.8 Å². The Hall–Kier alpha value is -2.85. The molecule has 10 heteroatoms. The number of rotatable bonds is 4. The third kappa shape index (κ3) is 4.51. The molecule has 2 aromatic heterocycles. The van der Waals surface area contributed by atoms with Crippen LogP contribution in [0, 0.1) is 13.8 Å². The fourth-order valence-corrected chi connectivity index (χ4v) is 5.53. The normalized spacial score (nSPS) is 14.1. The Morgan fingerprint density at radius 2 is 1.75 bits per heavy atom. The summed E-state index contributed by atoms with van der Waals surface area (Å²) in [5.41, 5.74) is 1.64. The van der Waals surface area contributed by atoms with Crippen molar-refractivity contribution < 1.29 is 9.59 Å². The van der Waals surface area contributed by atoms with E-state index in [0.29, 0.717) is 36.7 Å². The quantitative estimate of drug-likeness (QED) is 0.467. The van der Waals surface area contributed by atoms with E-state index in [2.05, 4.69) is 10.3 Å². The fraction of sp³-hybridized carbons (Fsp3) is 0.364. The maximum absolute atomic E-state index is 12.7. The number of anilines is 1. The minimum atomic E-state index is -0.160. The molecule has 1 N–H and O–H groups in total. The van der Waals surface area contributed by atoms with Gasteiger partial charge in [0.15, 0.2) is 5.16 Å². The predicted molar refractivity (Wildman–Crippen MR) is 129 cm³/mol. The van der Waals surface area contributed by atoms with E-state index in [9.17, 15) is 14.4 Å². The predicted octanol–water partition coefficient (Wildman–Crippen LogP) is 3.08. The fourth-order valence-electron chi connectivity index (χ4n) is 3.59. The highest BCUT2D eigenvalue weighted by Gasteiger charge is 2.25. The van der Waals surface area contributed by atoms with Gasteiger partial charge >= 0.3 is 6.03 Å². The average molecular weight is 472 g/mol. The summed E-state index contributed by atoms with van der Waals surface area (Å²) in [4.78, 5) is 47.8. The van der Waals surface area contributed by atoms with Crippen LogP contribution >= 0.6 is 23.1 Å². The zero-order valence-electron chi connectivity index (χ0n) is 18.3. The van der Waals surface area contributed by atoms with Crippen LogP contribution in [0.3, 0.4) is 0 Å². The van der Waals surface area contributed by atoms with Gasteiger partial charge in [0.25, 0.3) is 5.56 Å². The van der Waals surface area contributed by atoms with Crippen LogP contribution < -0.4 is 10.9 Å². The maximum Gasteiger partial charge on any atom is 0.321 e. The van der Waals surface area contributed by atoms with Gasteiger partial charge in [-0.2, -0.15) is 0 Å². The topological polar surface area (TPSA) is 87.5 Å². The standard InChI is InChI=1S/C22H25N5O3S2/c1-14-15(2)32-19-18(14)20(29)25(3)22(24-19)31-13-17(28)26-9-11-27(12-10-26)21(30)23-16-7-5-4-6-8-16/h4-8H,9-13H2,1-3H3,(H,23,30). The summed E-state index contributed by atoms with van der Waals surface area (Å²) in [5.74, 6) is 0.178. The number of hydrogen-bond donors (Lipinski definition) is 1. The number of carbonyl (C=O) groups excluding carboxylic acids is 2. The van der Waals surface area contributed by atoms with Gasteiger partial charge < -0.3 is 15.1 Å². The monoisotopic (exact) mass is 471 g/mol. The molecule has 0 saturated carbocycles. The molecule has 32 heavy (non-hydrogen) atoms. The van der Waals surface area contributed by atoms with Gasteiger partial charge in [-0.3, -0.25) is 14.2 Å². The van der Waals surface area contributed by atoms with Crippen LogP contribution in [0.5, 0.6) is 0 Å². The van der Waals surface area contributed by atoms with E-state index in [0.717, 1.165) is 21.0 Å². The van der Waals surface area contributed by atoms with E-state index in [4.69, 9.17) is 0 Å². The van der Waals surface area contributed by atoms with Crippen LogP contribution in [0.15, 0.2) is 40.3 Å². The number of nitrogens with zero attached hydrogens (tertiary/aromatic N) is 4. The van der Waals surface area contributed by atoms with E-state index >= 15 is 0 Å². The number of fused-ring (bicyclic) bond motifs is 1.